The fourth-order valence-electron chi connectivity index (χ4n) is 2.46. The summed E-state index contributed by atoms with van der Waals surface area (Å²) in [5.41, 5.74) is 1.09. The van der Waals surface area contributed by atoms with Crippen LogP contribution in [0.1, 0.15) is 37.2 Å². The van der Waals surface area contributed by atoms with Crippen LogP contribution in [0.3, 0.4) is 0 Å². The molecule has 0 aliphatic heterocycles. The first-order valence-corrected chi connectivity index (χ1v) is 6.74. The van der Waals surface area contributed by atoms with Crippen LogP contribution in [-0.2, 0) is 9.53 Å². The Hall–Kier alpha value is -1.42. The van der Waals surface area contributed by atoms with Gasteiger partial charge in [-0.1, -0.05) is 12.1 Å². The smallest absolute Gasteiger partial charge is 0.305 e. The molecule has 0 radical (unpaired) electrons. The molecule has 104 valence electrons. The van der Waals surface area contributed by atoms with Crippen LogP contribution in [0, 0.1) is 5.82 Å². The Morgan fingerprint density at radius 1 is 1.47 bits per heavy atom. The highest BCUT2D eigenvalue weighted by Gasteiger charge is 2.29. The van der Waals surface area contributed by atoms with Gasteiger partial charge >= 0.3 is 5.97 Å². The Morgan fingerprint density at radius 2 is 2.26 bits per heavy atom. The maximum Gasteiger partial charge on any atom is 0.305 e. The lowest BCUT2D eigenvalue weighted by Gasteiger charge is -2.36. The van der Waals surface area contributed by atoms with Crippen LogP contribution >= 0.6 is 0 Å². The first kappa shape index (κ1) is 14.0. The van der Waals surface area contributed by atoms with Crippen LogP contribution in [0.4, 0.5) is 4.39 Å². The van der Waals surface area contributed by atoms with Gasteiger partial charge in [0.15, 0.2) is 0 Å². The van der Waals surface area contributed by atoms with Crippen molar-refractivity contribution >= 4 is 5.97 Å². The molecule has 1 aliphatic rings. The van der Waals surface area contributed by atoms with Crippen LogP contribution in [0.25, 0.3) is 0 Å². The monoisotopic (exact) mass is 265 g/mol. The zero-order valence-corrected chi connectivity index (χ0v) is 11.2. The lowest BCUT2D eigenvalue weighted by Crippen LogP contribution is -2.40. The second kappa shape index (κ2) is 6.66. The van der Waals surface area contributed by atoms with Crippen molar-refractivity contribution in [3.8, 4) is 0 Å². The molecule has 2 rings (SSSR count). The van der Waals surface area contributed by atoms with E-state index in [1.54, 1.807) is 12.1 Å². The third-order valence-corrected chi connectivity index (χ3v) is 3.68. The van der Waals surface area contributed by atoms with Gasteiger partial charge in [0.05, 0.1) is 7.11 Å². The van der Waals surface area contributed by atoms with Crippen molar-refractivity contribution in [2.45, 2.75) is 37.6 Å². The normalized spacial score (nSPS) is 21.8. The van der Waals surface area contributed by atoms with Gasteiger partial charge in [-0.2, -0.15) is 0 Å². The van der Waals surface area contributed by atoms with E-state index in [0.29, 0.717) is 18.4 Å². The van der Waals surface area contributed by atoms with Gasteiger partial charge in [0.1, 0.15) is 5.82 Å². The van der Waals surface area contributed by atoms with E-state index in [-0.39, 0.29) is 11.8 Å². The summed E-state index contributed by atoms with van der Waals surface area (Å²) in [6, 6.07) is 7.34. The van der Waals surface area contributed by atoms with E-state index in [1.807, 2.05) is 6.07 Å². The minimum absolute atomic E-state index is 0.159. The predicted molar refractivity (Wildman–Crippen MR) is 71.4 cm³/mol. The quantitative estimate of drug-likeness (QED) is 0.634. The molecule has 0 spiro atoms. The van der Waals surface area contributed by atoms with E-state index in [9.17, 15) is 9.18 Å². The molecule has 3 nitrogen and oxygen atoms in total. The van der Waals surface area contributed by atoms with Crippen LogP contribution in [0.2, 0.25) is 0 Å². The maximum absolute atomic E-state index is 13.1. The largest absolute Gasteiger partial charge is 0.469 e. The molecular formula is C15H20FNO2. The van der Waals surface area contributed by atoms with Crippen molar-refractivity contribution in [2.75, 3.05) is 13.7 Å². The number of hydrogen-bond acceptors (Lipinski definition) is 3. The predicted octanol–water partition coefficient (Wildman–Crippen LogP) is 2.61. The first-order valence-electron chi connectivity index (χ1n) is 6.74. The van der Waals surface area contributed by atoms with Crippen LogP contribution < -0.4 is 5.32 Å². The summed E-state index contributed by atoms with van der Waals surface area (Å²) in [5, 5.41) is 3.41. The zero-order valence-electron chi connectivity index (χ0n) is 11.2. The zero-order chi connectivity index (χ0) is 13.7. The Kier molecular flexibility index (Phi) is 4.91. The molecule has 1 aromatic carbocycles. The highest BCUT2D eigenvalue weighted by Crippen LogP contribution is 2.36. The lowest BCUT2D eigenvalue weighted by molar-refractivity contribution is -0.140. The van der Waals surface area contributed by atoms with Gasteiger partial charge in [-0.15, -0.1) is 0 Å². The van der Waals surface area contributed by atoms with E-state index in [0.717, 1.165) is 31.4 Å². The molecule has 4 heteroatoms. The van der Waals surface area contributed by atoms with Gasteiger partial charge in [0.2, 0.25) is 0 Å². The molecule has 0 atom stereocenters. The summed E-state index contributed by atoms with van der Waals surface area (Å²) in [6.07, 6.45) is 3.35. The van der Waals surface area contributed by atoms with E-state index in [2.05, 4.69) is 10.1 Å². The molecule has 1 saturated carbocycles. The second-order valence-corrected chi connectivity index (χ2v) is 5.05. The van der Waals surface area contributed by atoms with Crippen molar-refractivity contribution < 1.29 is 13.9 Å². The third-order valence-electron chi connectivity index (χ3n) is 3.68. The van der Waals surface area contributed by atoms with Crippen molar-refractivity contribution in [2.24, 2.45) is 0 Å². The number of rotatable bonds is 6. The molecule has 0 saturated heterocycles. The molecule has 1 aliphatic carbocycles. The highest BCUT2D eigenvalue weighted by atomic mass is 19.1. The molecular weight excluding hydrogens is 245 g/mol. The van der Waals surface area contributed by atoms with Gasteiger partial charge < -0.3 is 10.1 Å². The topological polar surface area (TPSA) is 38.3 Å². The Labute approximate surface area is 113 Å². The van der Waals surface area contributed by atoms with E-state index >= 15 is 0 Å². The molecule has 1 N–H and O–H groups in total. The minimum atomic E-state index is -0.160. The summed E-state index contributed by atoms with van der Waals surface area (Å²) < 4.78 is 17.7. The number of methoxy groups -OCH3 is 1. The van der Waals surface area contributed by atoms with Gasteiger partial charge in [-0.05, 0) is 49.4 Å². The molecule has 1 aromatic rings. The van der Waals surface area contributed by atoms with E-state index < -0.39 is 0 Å². The van der Waals surface area contributed by atoms with Crippen molar-refractivity contribution in [3.63, 3.8) is 0 Å². The number of esters is 1. The summed E-state index contributed by atoms with van der Waals surface area (Å²) in [7, 11) is 1.41. The number of carbonyl (C=O) groups excluding carboxylic acids is 1. The van der Waals surface area contributed by atoms with E-state index in [1.165, 1.54) is 13.2 Å². The second-order valence-electron chi connectivity index (χ2n) is 5.05. The van der Waals surface area contributed by atoms with Crippen molar-refractivity contribution in [3.05, 3.63) is 35.6 Å². The number of benzene rings is 1. The molecule has 0 heterocycles. The lowest BCUT2D eigenvalue weighted by atomic mass is 9.76. The third kappa shape index (κ3) is 4.03. The number of carbonyl (C=O) groups is 1. The molecule has 1 fully saturated rings. The maximum atomic E-state index is 13.1. The number of nitrogens with one attached hydrogen (secondary N) is 1. The van der Waals surface area contributed by atoms with Gasteiger partial charge in [-0.3, -0.25) is 4.79 Å². The Morgan fingerprint density at radius 3 is 2.95 bits per heavy atom. The van der Waals surface area contributed by atoms with Crippen molar-refractivity contribution in [1.82, 2.24) is 5.32 Å². The van der Waals surface area contributed by atoms with Gasteiger partial charge in [0, 0.05) is 12.5 Å². The standard InChI is InChI=1S/C15H20FNO2/c1-19-15(18)6-3-7-17-14-9-12(10-14)11-4-2-5-13(16)8-11/h2,4-5,8,12,14,17H,3,6-7,9-10H2,1H3. The fraction of sp³-hybridized carbons (Fsp3) is 0.533. The summed E-state index contributed by atoms with van der Waals surface area (Å²) in [6.45, 7) is 0.829. The van der Waals surface area contributed by atoms with Gasteiger partial charge in [0.25, 0.3) is 0 Å². The van der Waals surface area contributed by atoms with Gasteiger partial charge in [-0.25, -0.2) is 4.39 Å². The first-order chi connectivity index (χ1) is 9.19. The summed E-state index contributed by atoms with van der Waals surface area (Å²) >= 11 is 0. The molecule has 0 amide bonds. The fourth-order valence-corrected chi connectivity index (χ4v) is 2.46. The van der Waals surface area contributed by atoms with Crippen molar-refractivity contribution in [1.29, 1.82) is 0 Å². The number of halogens is 1. The Bertz CT molecular complexity index is 430. The minimum Gasteiger partial charge on any atom is -0.469 e. The molecule has 0 unspecified atom stereocenters. The van der Waals surface area contributed by atoms with Crippen LogP contribution in [0.5, 0.6) is 0 Å². The SMILES string of the molecule is COC(=O)CCCNC1CC(c2cccc(F)c2)C1. The summed E-state index contributed by atoms with van der Waals surface area (Å²) in [5.74, 6) is 0.147. The van der Waals surface area contributed by atoms with Crippen LogP contribution in [-0.4, -0.2) is 25.7 Å². The summed E-state index contributed by atoms with van der Waals surface area (Å²) in [4.78, 5) is 10.9. The average molecular weight is 265 g/mol. The van der Waals surface area contributed by atoms with E-state index in [4.69, 9.17) is 0 Å². The number of ether oxygens (including phenoxy) is 1. The Balaban J connectivity index is 1.63. The molecule has 19 heavy (non-hydrogen) atoms. The molecule has 0 bridgehead atoms. The van der Waals surface area contributed by atoms with Crippen LogP contribution in [0.15, 0.2) is 24.3 Å². The average Bonchev–Trinajstić information content (AvgIpc) is 2.35. The molecule has 0 aromatic heterocycles. The highest BCUT2D eigenvalue weighted by molar-refractivity contribution is 5.69. The number of hydrogen-bond donors (Lipinski definition) is 1.